The minimum absolute atomic E-state index is 0.424. The number of nitrogens with zero attached hydrogens (tertiary/aromatic N) is 2. The van der Waals surface area contributed by atoms with Crippen LogP contribution in [0.3, 0.4) is 0 Å². The van der Waals surface area contributed by atoms with Crippen molar-refractivity contribution in [1.82, 2.24) is 9.97 Å². The lowest BCUT2D eigenvalue weighted by atomic mass is 10.3. The number of nitrogens with two attached hydrogens (primary N) is 1. The fraction of sp³-hybridized carbons (Fsp3) is 0. The number of rotatable bonds is 2. The second kappa shape index (κ2) is 4.85. The van der Waals surface area contributed by atoms with Gasteiger partial charge in [-0.25, -0.2) is 9.97 Å². The average Bonchev–Trinajstić information content (AvgIpc) is 2.42. The van der Waals surface area contributed by atoms with Gasteiger partial charge in [0.1, 0.15) is 0 Å². The Morgan fingerprint density at radius 2 is 1.84 bits per heavy atom. The normalized spacial score (nSPS) is 10.6. The van der Waals surface area contributed by atoms with Gasteiger partial charge in [-0.1, -0.05) is 28.1 Å². The summed E-state index contributed by atoms with van der Waals surface area (Å²) in [6, 6.07) is 13.1. The molecule has 3 rings (SSSR count). The number of halogens is 1. The zero-order valence-electron chi connectivity index (χ0n) is 9.88. The summed E-state index contributed by atoms with van der Waals surface area (Å²) in [6.07, 6.45) is 1.59. The van der Waals surface area contributed by atoms with Crippen LogP contribution in [0, 0.1) is 0 Å². The maximum Gasteiger partial charge on any atom is 0.238 e. The molecule has 0 amide bonds. The van der Waals surface area contributed by atoms with Crippen LogP contribution in [0.25, 0.3) is 11.0 Å². The highest BCUT2D eigenvalue weighted by Gasteiger charge is 2.05. The van der Waals surface area contributed by atoms with Crippen LogP contribution in [-0.2, 0) is 0 Å². The smallest absolute Gasteiger partial charge is 0.238 e. The van der Waals surface area contributed by atoms with Gasteiger partial charge in [-0.3, -0.25) is 0 Å². The van der Waals surface area contributed by atoms with E-state index in [2.05, 4.69) is 25.9 Å². The van der Waals surface area contributed by atoms with Crippen LogP contribution in [0.1, 0.15) is 0 Å². The number of benzene rings is 2. The first kappa shape index (κ1) is 11.9. The quantitative estimate of drug-likeness (QED) is 0.731. The van der Waals surface area contributed by atoms with Gasteiger partial charge in [0.15, 0.2) is 5.75 Å². The summed E-state index contributed by atoms with van der Waals surface area (Å²) in [5.74, 6) is 0.987. The summed E-state index contributed by atoms with van der Waals surface area (Å²) in [7, 11) is 0. The number of para-hydroxylation sites is 2. The monoisotopic (exact) mass is 315 g/mol. The van der Waals surface area contributed by atoms with Gasteiger partial charge in [0.25, 0.3) is 0 Å². The molecular formula is C14H10BrN3O. The molecule has 2 aromatic carbocycles. The molecule has 1 heterocycles. The lowest BCUT2D eigenvalue weighted by Gasteiger charge is -2.08. The third-order valence-corrected chi connectivity index (χ3v) is 3.11. The van der Waals surface area contributed by atoms with Gasteiger partial charge < -0.3 is 10.5 Å². The van der Waals surface area contributed by atoms with E-state index in [0.717, 1.165) is 15.5 Å². The molecule has 0 atom stereocenters. The lowest BCUT2D eigenvalue weighted by molar-refractivity contribution is 0.465. The van der Waals surface area contributed by atoms with E-state index in [1.807, 2.05) is 30.3 Å². The minimum Gasteiger partial charge on any atom is -0.435 e. The Balaban J connectivity index is 1.96. The Bertz CT molecular complexity index is 746. The van der Waals surface area contributed by atoms with E-state index in [4.69, 9.17) is 10.5 Å². The van der Waals surface area contributed by atoms with Crippen molar-refractivity contribution in [2.45, 2.75) is 0 Å². The Hall–Kier alpha value is -2.14. The molecule has 19 heavy (non-hydrogen) atoms. The van der Waals surface area contributed by atoms with Gasteiger partial charge in [-0.05, 0) is 30.3 Å². The summed E-state index contributed by atoms with van der Waals surface area (Å²) in [4.78, 5) is 8.67. The van der Waals surface area contributed by atoms with Crippen LogP contribution >= 0.6 is 15.9 Å². The molecule has 94 valence electrons. The van der Waals surface area contributed by atoms with Gasteiger partial charge in [-0.15, -0.1) is 0 Å². The van der Waals surface area contributed by atoms with Crippen molar-refractivity contribution in [1.29, 1.82) is 0 Å². The molecule has 0 saturated carbocycles. The molecule has 5 heteroatoms. The molecule has 0 fully saturated rings. The molecule has 1 aromatic heterocycles. The molecule has 0 saturated heterocycles. The molecule has 2 N–H and O–H groups in total. The molecule has 0 aliphatic rings. The van der Waals surface area contributed by atoms with Crippen molar-refractivity contribution in [2.75, 3.05) is 5.73 Å². The van der Waals surface area contributed by atoms with E-state index in [9.17, 15) is 0 Å². The lowest BCUT2D eigenvalue weighted by Crippen LogP contribution is -1.94. The Labute approximate surface area is 118 Å². The van der Waals surface area contributed by atoms with Gasteiger partial charge in [0.2, 0.25) is 5.88 Å². The second-order valence-corrected chi connectivity index (χ2v) is 4.90. The minimum atomic E-state index is 0.424. The summed E-state index contributed by atoms with van der Waals surface area (Å²) in [5.41, 5.74) is 8.04. The number of ether oxygens (including phenoxy) is 1. The summed E-state index contributed by atoms with van der Waals surface area (Å²) in [6.45, 7) is 0. The molecule has 0 aliphatic carbocycles. The molecular weight excluding hydrogens is 306 g/mol. The largest absolute Gasteiger partial charge is 0.435 e. The van der Waals surface area contributed by atoms with Gasteiger partial charge in [-0.2, -0.15) is 0 Å². The molecule has 0 aliphatic heterocycles. The second-order valence-electron chi connectivity index (χ2n) is 3.98. The third-order valence-electron chi connectivity index (χ3n) is 2.61. The van der Waals surface area contributed by atoms with Gasteiger partial charge >= 0.3 is 0 Å². The number of hydrogen-bond donors (Lipinski definition) is 1. The van der Waals surface area contributed by atoms with Crippen LogP contribution in [0.2, 0.25) is 0 Å². The number of aromatic nitrogens is 2. The highest BCUT2D eigenvalue weighted by molar-refractivity contribution is 9.10. The van der Waals surface area contributed by atoms with Crippen molar-refractivity contribution in [3.8, 4) is 11.6 Å². The van der Waals surface area contributed by atoms with Crippen LogP contribution < -0.4 is 10.5 Å². The van der Waals surface area contributed by atoms with Crippen LogP contribution in [0.4, 0.5) is 5.69 Å². The van der Waals surface area contributed by atoms with Crippen molar-refractivity contribution >= 4 is 32.7 Å². The topological polar surface area (TPSA) is 61.0 Å². The van der Waals surface area contributed by atoms with Crippen LogP contribution in [-0.4, -0.2) is 9.97 Å². The van der Waals surface area contributed by atoms with E-state index in [0.29, 0.717) is 17.3 Å². The summed E-state index contributed by atoms with van der Waals surface area (Å²) in [5, 5.41) is 0. The molecule has 0 bridgehead atoms. The number of fused-ring (bicyclic) bond motifs is 1. The molecule has 4 nitrogen and oxygen atoms in total. The predicted molar refractivity (Wildman–Crippen MR) is 78.2 cm³/mol. The van der Waals surface area contributed by atoms with Crippen LogP contribution in [0.5, 0.6) is 11.6 Å². The van der Waals surface area contributed by atoms with Crippen molar-refractivity contribution in [3.63, 3.8) is 0 Å². The molecule has 0 unspecified atom stereocenters. The predicted octanol–water partition coefficient (Wildman–Crippen LogP) is 3.77. The van der Waals surface area contributed by atoms with Crippen molar-refractivity contribution in [2.24, 2.45) is 0 Å². The maximum absolute atomic E-state index is 5.88. The zero-order chi connectivity index (χ0) is 13.2. The van der Waals surface area contributed by atoms with Crippen molar-refractivity contribution in [3.05, 3.63) is 53.1 Å². The first-order chi connectivity index (χ1) is 9.22. The molecule has 3 aromatic rings. The number of hydrogen-bond acceptors (Lipinski definition) is 4. The standard InChI is InChI=1S/C14H10BrN3O/c15-9-5-6-13(10(16)7-9)19-14-8-17-11-3-1-2-4-12(11)18-14/h1-8H,16H2. The zero-order valence-corrected chi connectivity index (χ0v) is 11.5. The maximum atomic E-state index is 5.88. The molecule has 0 radical (unpaired) electrons. The highest BCUT2D eigenvalue weighted by Crippen LogP contribution is 2.29. The van der Waals surface area contributed by atoms with Crippen molar-refractivity contribution < 1.29 is 4.74 Å². The van der Waals surface area contributed by atoms with Gasteiger partial charge in [0.05, 0.1) is 22.9 Å². The van der Waals surface area contributed by atoms with E-state index in [1.165, 1.54) is 0 Å². The van der Waals surface area contributed by atoms with E-state index < -0.39 is 0 Å². The third kappa shape index (κ3) is 2.51. The first-order valence-electron chi connectivity index (χ1n) is 5.67. The fourth-order valence-corrected chi connectivity index (χ4v) is 2.09. The number of nitrogen functional groups attached to an aromatic ring is 1. The van der Waals surface area contributed by atoms with Gasteiger partial charge in [0, 0.05) is 4.47 Å². The molecule has 0 spiro atoms. The summed E-state index contributed by atoms with van der Waals surface area (Å²) < 4.78 is 6.56. The number of anilines is 1. The fourth-order valence-electron chi connectivity index (χ4n) is 1.71. The highest BCUT2D eigenvalue weighted by atomic mass is 79.9. The van der Waals surface area contributed by atoms with E-state index >= 15 is 0 Å². The summed E-state index contributed by atoms with van der Waals surface area (Å²) >= 11 is 3.35. The Kier molecular flexibility index (Phi) is 3.05. The SMILES string of the molecule is Nc1cc(Br)ccc1Oc1cnc2ccccc2n1. The van der Waals surface area contributed by atoms with E-state index in [1.54, 1.807) is 18.3 Å². The van der Waals surface area contributed by atoms with E-state index in [-0.39, 0.29) is 0 Å². The Morgan fingerprint density at radius 1 is 1.05 bits per heavy atom. The van der Waals surface area contributed by atoms with Crippen LogP contribution in [0.15, 0.2) is 53.1 Å². The average molecular weight is 316 g/mol. The Morgan fingerprint density at radius 3 is 2.63 bits per heavy atom. The first-order valence-corrected chi connectivity index (χ1v) is 6.46.